The molecule has 0 aliphatic carbocycles. The van der Waals surface area contributed by atoms with E-state index in [0.29, 0.717) is 5.75 Å². The van der Waals surface area contributed by atoms with Gasteiger partial charge in [0.15, 0.2) is 0 Å². The number of carboxylic acid groups (broad SMARTS) is 1. The number of rotatable bonds is 7. The minimum atomic E-state index is -0.956. The summed E-state index contributed by atoms with van der Waals surface area (Å²) in [7, 11) is 1.52. The third-order valence-electron chi connectivity index (χ3n) is 2.70. The zero-order valence-corrected chi connectivity index (χ0v) is 12.0. The Morgan fingerprint density at radius 2 is 2.00 bits per heavy atom. The average Bonchev–Trinajstić information content (AvgIpc) is 2.44. The van der Waals surface area contributed by atoms with Crippen molar-refractivity contribution in [1.82, 2.24) is 10.2 Å². The highest BCUT2D eigenvalue weighted by Crippen LogP contribution is 2.12. The molecule has 1 aromatic rings. The first-order chi connectivity index (χ1) is 9.88. The molecule has 0 aliphatic heterocycles. The first-order valence-corrected chi connectivity index (χ1v) is 6.51. The van der Waals surface area contributed by atoms with E-state index in [1.165, 1.54) is 36.2 Å². The monoisotopic (exact) mass is 298 g/mol. The molecule has 7 heteroatoms. The highest BCUT2D eigenvalue weighted by atomic mass is 19.1. The van der Waals surface area contributed by atoms with E-state index in [9.17, 15) is 14.0 Å². The molecule has 21 heavy (non-hydrogen) atoms. The lowest BCUT2D eigenvalue weighted by Crippen LogP contribution is -2.42. The van der Waals surface area contributed by atoms with Crippen molar-refractivity contribution in [1.29, 1.82) is 0 Å². The van der Waals surface area contributed by atoms with Gasteiger partial charge in [-0.1, -0.05) is 0 Å². The second-order valence-corrected chi connectivity index (χ2v) is 4.63. The van der Waals surface area contributed by atoms with Gasteiger partial charge in [0.2, 0.25) is 0 Å². The Balaban J connectivity index is 2.31. The third kappa shape index (κ3) is 6.60. The van der Waals surface area contributed by atoms with E-state index in [0.717, 1.165) is 0 Å². The molecule has 0 fully saturated rings. The number of carboxylic acids is 1. The molecule has 6 nitrogen and oxygen atoms in total. The molecule has 2 N–H and O–H groups in total. The maximum absolute atomic E-state index is 12.7. The van der Waals surface area contributed by atoms with Crippen LogP contribution in [0, 0.1) is 5.82 Å². The molecule has 0 heterocycles. The van der Waals surface area contributed by atoms with Gasteiger partial charge in [-0.15, -0.1) is 0 Å². The van der Waals surface area contributed by atoms with E-state index in [-0.39, 0.29) is 37.5 Å². The Morgan fingerprint density at radius 1 is 1.38 bits per heavy atom. The Labute approximate surface area is 122 Å². The van der Waals surface area contributed by atoms with Crippen LogP contribution in [0.25, 0.3) is 0 Å². The predicted molar refractivity (Wildman–Crippen MR) is 74.8 cm³/mol. The van der Waals surface area contributed by atoms with Gasteiger partial charge in [0.05, 0.1) is 13.0 Å². The molecule has 1 rings (SSSR count). The highest BCUT2D eigenvalue weighted by molar-refractivity contribution is 5.75. The van der Waals surface area contributed by atoms with E-state index in [1.807, 2.05) is 0 Å². The first kappa shape index (κ1) is 16.7. The van der Waals surface area contributed by atoms with Crippen molar-refractivity contribution in [3.8, 4) is 5.75 Å². The standard InChI is InChI=1S/C14H19FN2O4/c1-10(21-12-5-3-11(15)4-6-12)9-16-14(20)17(2)8-7-13(18)19/h3-6,10H,7-9H2,1-2H3,(H,16,20)(H,18,19). The maximum atomic E-state index is 12.7. The minimum absolute atomic E-state index is 0.106. The Bertz CT molecular complexity index is 478. The number of urea groups is 1. The van der Waals surface area contributed by atoms with Crippen molar-refractivity contribution >= 4 is 12.0 Å². The lowest BCUT2D eigenvalue weighted by Gasteiger charge is -2.20. The van der Waals surface area contributed by atoms with Gasteiger partial charge in [-0.2, -0.15) is 0 Å². The van der Waals surface area contributed by atoms with Crippen LogP contribution < -0.4 is 10.1 Å². The number of halogens is 1. The van der Waals surface area contributed by atoms with Crippen LogP contribution in [0.4, 0.5) is 9.18 Å². The number of carbonyl (C=O) groups is 2. The Kier molecular flexibility index (Phi) is 6.45. The van der Waals surface area contributed by atoms with Crippen LogP contribution in [0.2, 0.25) is 0 Å². The van der Waals surface area contributed by atoms with E-state index < -0.39 is 5.97 Å². The van der Waals surface area contributed by atoms with E-state index in [4.69, 9.17) is 9.84 Å². The minimum Gasteiger partial charge on any atom is -0.489 e. The maximum Gasteiger partial charge on any atom is 0.317 e. The fraction of sp³-hybridized carbons (Fsp3) is 0.429. The lowest BCUT2D eigenvalue weighted by molar-refractivity contribution is -0.137. The summed E-state index contributed by atoms with van der Waals surface area (Å²) in [6, 6.07) is 5.23. The highest BCUT2D eigenvalue weighted by Gasteiger charge is 2.12. The molecule has 0 aromatic heterocycles. The zero-order chi connectivity index (χ0) is 15.8. The molecule has 1 aromatic carbocycles. The number of benzene rings is 1. The van der Waals surface area contributed by atoms with Crippen LogP contribution in [0.3, 0.4) is 0 Å². The molecule has 0 saturated heterocycles. The second kappa shape index (κ2) is 8.08. The summed E-state index contributed by atoms with van der Waals surface area (Å²) < 4.78 is 18.2. The van der Waals surface area contributed by atoms with Crippen LogP contribution >= 0.6 is 0 Å². The van der Waals surface area contributed by atoms with Crippen molar-refractivity contribution in [3.05, 3.63) is 30.1 Å². The molecule has 0 bridgehead atoms. The van der Waals surface area contributed by atoms with Gasteiger partial charge in [-0.05, 0) is 31.2 Å². The third-order valence-corrected chi connectivity index (χ3v) is 2.70. The smallest absolute Gasteiger partial charge is 0.317 e. The van der Waals surface area contributed by atoms with Crippen LogP contribution in [-0.2, 0) is 4.79 Å². The molecule has 2 amide bonds. The number of ether oxygens (including phenoxy) is 1. The van der Waals surface area contributed by atoms with E-state index in [2.05, 4.69) is 5.32 Å². The van der Waals surface area contributed by atoms with Gasteiger partial charge in [0.25, 0.3) is 0 Å². The summed E-state index contributed by atoms with van der Waals surface area (Å²) in [6.07, 6.45) is -0.404. The zero-order valence-electron chi connectivity index (χ0n) is 12.0. The molecule has 0 aliphatic rings. The fourth-order valence-corrected chi connectivity index (χ4v) is 1.52. The summed E-state index contributed by atoms with van der Waals surface area (Å²) in [4.78, 5) is 23.4. The van der Waals surface area contributed by atoms with Gasteiger partial charge in [-0.3, -0.25) is 4.79 Å². The van der Waals surface area contributed by atoms with Crippen molar-refractivity contribution < 1.29 is 23.8 Å². The first-order valence-electron chi connectivity index (χ1n) is 6.51. The lowest BCUT2D eigenvalue weighted by atomic mass is 10.3. The molecule has 1 unspecified atom stereocenters. The van der Waals surface area contributed by atoms with E-state index >= 15 is 0 Å². The van der Waals surface area contributed by atoms with Crippen LogP contribution in [0.15, 0.2) is 24.3 Å². The van der Waals surface area contributed by atoms with Gasteiger partial charge in [-0.25, -0.2) is 9.18 Å². The average molecular weight is 298 g/mol. The number of amides is 2. The number of carbonyl (C=O) groups excluding carboxylic acids is 1. The molecule has 0 saturated carbocycles. The largest absolute Gasteiger partial charge is 0.489 e. The van der Waals surface area contributed by atoms with E-state index in [1.54, 1.807) is 6.92 Å². The predicted octanol–water partition coefficient (Wildman–Crippen LogP) is 1.71. The SMILES string of the molecule is CC(CNC(=O)N(C)CCC(=O)O)Oc1ccc(F)cc1. The van der Waals surface area contributed by atoms with Gasteiger partial charge in [0.1, 0.15) is 17.7 Å². The van der Waals surface area contributed by atoms with Crippen LogP contribution in [0.5, 0.6) is 5.75 Å². The summed E-state index contributed by atoms with van der Waals surface area (Å²) in [5.41, 5.74) is 0. The quantitative estimate of drug-likeness (QED) is 0.803. The summed E-state index contributed by atoms with van der Waals surface area (Å²) in [5.74, 6) is -0.789. The number of nitrogens with zero attached hydrogens (tertiary/aromatic N) is 1. The summed E-state index contributed by atoms with van der Waals surface area (Å²) in [5, 5.41) is 11.2. The van der Waals surface area contributed by atoms with Crippen LogP contribution in [-0.4, -0.2) is 48.2 Å². The van der Waals surface area contributed by atoms with Crippen molar-refractivity contribution in [3.63, 3.8) is 0 Å². The fourth-order valence-electron chi connectivity index (χ4n) is 1.52. The van der Waals surface area contributed by atoms with Crippen molar-refractivity contribution in [2.75, 3.05) is 20.1 Å². The van der Waals surface area contributed by atoms with Crippen molar-refractivity contribution in [2.24, 2.45) is 0 Å². The molecule has 1 atom stereocenters. The Hall–Kier alpha value is -2.31. The molecule has 0 radical (unpaired) electrons. The van der Waals surface area contributed by atoms with Gasteiger partial charge < -0.3 is 20.1 Å². The number of hydrogen-bond acceptors (Lipinski definition) is 3. The van der Waals surface area contributed by atoms with Crippen molar-refractivity contribution in [2.45, 2.75) is 19.4 Å². The molecule has 116 valence electrons. The van der Waals surface area contributed by atoms with Crippen LogP contribution in [0.1, 0.15) is 13.3 Å². The summed E-state index contributed by atoms with van der Waals surface area (Å²) in [6.45, 7) is 2.16. The van der Waals surface area contributed by atoms with Gasteiger partial charge in [0, 0.05) is 13.6 Å². The Morgan fingerprint density at radius 3 is 2.57 bits per heavy atom. The number of aliphatic carboxylic acids is 1. The van der Waals surface area contributed by atoms with Gasteiger partial charge >= 0.3 is 12.0 Å². The second-order valence-electron chi connectivity index (χ2n) is 4.63. The molecular formula is C14H19FN2O4. The number of nitrogens with one attached hydrogen (secondary N) is 1. The molecule has 0 spiro atoms. The molecular weight excluding hydrogens is 279 g/mol. The summed E-state index contributed by atoms with van der Waals surface area (Å²) >= 11 is 0. The number of hydrogen-bond donors (Lipinski definition) is 2. The normalized spacial score (nSPS) is 11.6. The topological polar surface area (TPSA) is 78.9 Å².